The zero-order valence-corrected chi connectivity index (χ0v) is 20.6. The van der Waals surface area contributed by atoms with E-state index in [2.05, 4.69) is 20.6 Å². The number of hydrogen-bond donors (Lipinski definition) is 2. The highest BCUT2D eigenvalue weighted by molar-refractivity contribution is 7.85. The lowest BCUT2D eigenvalue weighted by Crippen LogP contribution is -2.46. The average molecular weight is 517 g/mol. The number of carbonyl (C=O) groups excluding carboxylic acids is 2. The molecule has 1 aliphatic rings. The smallest absolute Gasteiger partial charge is 0.251 e. The molecule has 2 aromatic carbocycles. The predicted octanol–water partition coefficient (Wildman–Crippen LogP) is 2.90. The van der Waals surface area contributed by atoms with E-state index < -0.39 is 10.8 Å². The number of imidazole rings is 1. The Bertz CT molecular complexity index is 1440. The zero-order valence-electron chi connectivity index (χ0n) is 18.2. The molecule has 9 nitrogen and oxygen atoms in total. The SMILES string of the molecule is Cn1c(Nc2nc3ccc(Cl)cc3s2)nc2cc(C(=O)NCC(=O)N3CCS(=O)CC3)ccc21. The maximum atomic E-state index is 12.6. The summed E-state index contributed by atoms with van der Waals surface area (Å²) >= 11 is 7.55. The van der Waals surface area contributed by atoms with Gasteiger partial charge in [0, 0.05) is 53.0 Å². The third-order valence-electron chi connectivity index (χ3n) is 5.64. The molecular formula is C22H21ClN6O3S2. The minimum Gasteiger partial charge on any atom is -0.343 e. The van der Waals surface area contributed by atoms with E-state index in [4.69, 9.17) is 11.6 Å². The summed E-state index contributed by atoms with van der Waals surface area (Å²) in [4.78, 5) is 35.8. The minimum absolute atomic E-state index is 0.0971. The van der Waals surface area contributed by atoms with E-state index in [1.54, 1.807) is 23.1 Å². The fraction of sp³-hybridized carbons (Fsp3) is 0.273. The number of anilines is 2. The molecule has 0 atom stereocenters. The third kappa shape index (κ3) is 4.63. The number of nitrogens with zero attached hydrogens (tertiary/aromatic N) is 4. The van der Waals surface area contributed by atoms with E-state index in [1.165, 1.54) is 11.3 Å². The first-order valence-electron chi connectivity index (χ1n) is 10.6. The number of hydrogen-bond acceptors (Lipinski definition) is 7. The van der Waals surface area contributed by atoms with E-state index in [9.17, 15) is 13.8 Å². The third-order valence-corrected chi connectivity index (χ3v) is 8.09. The molecule has 1 saturated heterocycles. The minimum atomic E-state index is -0.856. The van der Waals surface area contributed by atoms with Gasteiger partial charge in [-0.3, -0.25) is 13.8 Å². The van der Waals surface area contributed by atoms with Gasteiger partial charge in [-0.15, -0.1) is 0 Å². The molecule has 2 amide bonds. The standard InChI is InChI=1S/C22H21ClN6O3S2/c1-28-17-5-2-13(20(31)24-12-19(30)29-6-8-34(32)9-7-29)10-16(17)25-21(28)27-22-26-15-4-3-14(23)11-18(15)33-22/h2-5,10-11H,6-9,12H2,1H3,(H,24,31)(H,25,26,27). The molecule has 4 aromatic rings. The first-order chi connectivity index (χ1) is 16.4. The van der Waals surface area contributed by atoms with Crippen LogP contribution < -0.4 is 10.6 Å². The molecule has 1 fully saturated rings. The highest BCUT2D eigenvalue weighted by Crippen LogP contribution is 2.31. The van der Waals surface area contributed by atoms with Gasteiger partial charge in [-0.2, -0.15) is 0 Å². The molecule has 2 N–H and O–H groups in total. The van der Waals surface area contributed by atoms with Crippen LogP contribution in [0.1, 0.15) is 10.4 Å². The number of carbonyl (C=O) groups is 2. The van der Waals surface area contributed by atoms with Gasteiger partial charge in [0.15, 0.2) is 5.13 Å². The summed E-state index contributed by atoms with van der Waals surface area (Å²) in [6.45, 7) is 0.817. The molecular weight excluding hydrogens is 496 g/mol. The van der Waals surface area contributed by atoms with Crippen LogP contribution in [-0.2, 0) is 22.6 Å². The average Bonchev–Trinajstić information content (AvgIpc) is 3.37. The Morgan fingerprint density at radius 2 is 1.91 bits per heavy atom. The maximum Gasteiger partial charge on any atom is 0.251 e. The topological polar surface area (TPSA) is 109 Å². The lowest BCUT2D eigenvalue weighted by Gasteiger charge is -2.26. The van der Waals surface area contributed by atoms with Crippen LogP contribution in [0.2, 0.25) is 5.02 Å². The Morgan fingerprint density at radius 3 is 2.71 bits per heavy atom. The number of nitrogens with one attached hydrogen (secondary N) is 2. The Morgan fingerprint density at radius 1 is 1.12 bits per heavy atom. The van der Waals surface area contributed by atoms with E-state index in [0.29, 0.717) is 51.8 Å². The van der Waals surface area contributed by atoms with Crippen LogP contribution in [0.3, 0.4) is 0 Å². The van der Waals surface area contributed by atoms with E-state index in [-0.39, 0.29) is 18.4 Å². The van der Waals surface area contributed by atoms with Crippen molar-refractivity contribution < 1.29 is 13.8 Å². The summed E-state index contributed by atoms with van der Waals surface area (Å²) < 4.78 is 14.3. The molecule has 0 unspecified atom stereocenters. The highest BCUT2D eigenvalue weighted by atomic mass is 35.5. The number of halogens is 1. The van der Waals surface area contributed by atoms with Crippen molar-refractivity contribution in [3.63, 3.8) is 0 Å². The molecule has 0 bridgehead atoms. The van der Waals surface area contributed by atoms with Gasteiger partial charge in [0.2, 0.25) is 11.9 Å². The lowest BCUT2D eigenvalue weighted by molar-refractivity contribution is -0.129. The molecule has 0 aliphatic carbocycles. The number of benzene rings is 2. The largest absolute Gasteiger partial charge is 0.343 e. The Labute approximate surface area is 206 Å². The normalized spacial score (nSPS) is 14.6. The van der Waals surface area contributed by atoms with Crippen LogP contribution in [-0.4, -0.2) is 66.6 Å². The fourth-order valence-electron chi connectivity index (χ4n) is 3.76. The molecule has 0 radical (unpaired) electrons. The van der Waals surface area contributed by atoms with Gasteiger partial charge in [0.1, 0.15) is 0 Å². The van der Waals surface area contributed by atoms with Crippen molar-refractivity contribution in [1.82, 2.24) is 24.8 Å². The second-order valence-electron chi connectivity index (χ2n) is 7.87. The van der Waals surface area contributed by atoms with Gasteiger partial charge >= 0.3 is 0 Å². The molecule has 176 valence electrons. The van der Waals surface area contributed by atoms with Crippen LogP contribution in [0.4, 0.5) is 11.1 Å². The number of rotatable bonds is 5. The molecule has 0 spiro atoms. The Hall–Kier alpha value is -3.02. The van der Waals surface area contributed by atoms with E-state index in [0.717, 1.165) is 15.7 Å². The van der Waals surface area contributed by atoms with Crippen molar-refractivity contribution in [2.45, 2.75) is 0 Å². The van der Waals surface area contributed by atoms with Crippen LogP contribution in [0.5, 0.6) is 0 Å². The van der Waals surface area contributed by atoms with Crippen LogP contribution in [0.15, 0.2) is 36.4 Å². The summed E-state index contributed by atoms with van der Waals surface area (Å²) in [5.41, 5.74) is 2.76. The number of aromatic nitrogens is 3. The molecule has 2 aromatic heterocycles. The number of amides is 2. The van der Waals surface area contributed by atoms with Gasteiger partial charge in [-0.25, -0.2) is 9.97 Å². The Balaban J connectivity index is 1.28. The van der Waals surface area contributed by atoms with Crippen LogP contribution in [0.25, 0.3) is 21.3 Å². The highest BCUT2D eigenvalue weighted by Gasteiger charge is 2.21. The van der Waals surface area contributed by atoms with Gasteiger partial charge in [0.05, 0.1) is 27.8 Å². The molecule has 34 heavy (non-hydrogen) atoms. The summed E-state index contributed by atoms with van der Waals surface area (Å²) in [6, 6.07) is 10.8. The quantitative estimate of drug-likeness (QED) is 0.422. The van der Waals surface area contributed by atoms with Gasteiger partial charge in [0.25, 0.3) is 5.91 Å². The zero-order chi connectivity index (χ0) is 23.8. The second-order valence-corrected chi connectivity index (χ2v) is 11.0. The van der Waals surface area contributed by atoms with Crippen LogP contribution in [0, 0.1) is 0 Å². The van der Waals surface area contributed by atoms with Crippen molar-refractivity contribution in [3.8, 4) is 0 Å². The van der Waals surface area contributed by atoms with Crippen molar-refractivity contribution in [3.05, 3.63) is 47.0 Å². The first-order valence-corrected chi connectivity index (χ1v) is 13.3. The number of fused-ring (bicyclic) bond motifs is 2. The van der Waals surface area contributed by atoms with Crippen LogP contribution >= 0.6 is 22.9 Å². The summed E-state index contributed by atoms with van der Waals surface area (Å²) in [5.74, 6) is 1.04. The van der Waals surface area contributed by atoms with E-state index in [1.807, 2.05) is 29.8 Å². The number of thiazole rings is 1. The molecule has 5 rings (SSSR count). The predicted molar refractivity (Wildman–Crippen MR) is 135 cm³/mol. The first kappa shape index (κ1) is 22.8. The fourth-order valence-corrected chi connectivity index (χ4v) is 5.95. The Kier molecular flexibility index (Phi) is 6.24. The molecule has 1 aliphatic heterocycles. The number of aryl methyl sites for hydroxylation is 1. The van der Waals surface area contributed by atoms with Crippen molar-refractivity contribution >= 4 is 77.9 Å². The second kappa shape index (κ2) is 9.32. The van der Waals surface area contributed by atoms with Gasteiger partial charge in [-0.1, -0.05) is 22.9 Å². The molecule has 3 heterocycles. The van der Waals surface area contributed by atoms with Gasteiger partial charge < -0.3 is 20.1 Å². The van der Waals surface area contributed by atoms with E-state index >= 15 is 0 Å². The van der Waals surface area contributed by atoms with Gasteiger partial charge in [-0.05, 0) is 36.4 Å². The molecule has 0 saturated carbocycles. The maximum absolute atomic E-state index is 12.6. The monoisotopic (exact) mass is 516 g/mol. The summed E-state index contributed by atoms with van der Waals surface area (Å²) in [5, 5.41) is 7.27. The summed E-state index contributed by atoms with van der Waals surface area (Å²) in [7, 11) is 1.02. The molecule has 12 heteroatoms. The van der Waals surface area contributed by atoms with Crippen molar-refractivity contribution in [2.75, 3.05) is 36.5 Å². The summed E-state index contributed by atoms with van der Waals surface area (Å²) in [6.07, 6.45) is 0. The lowest BCUT2D eigenvalue weighted by atomic mass is 10.2. The van der Waals surface area contributed by atoms with Crippen molar-refractivity contribution in [1.29, 1.82) is 0 Å². The van der Waals surface area contributed by atoms with Crippen molar-refractivity contribution in [2.24, 2.45) is 7.05 Å².